The molecule has 0 spiro atoms. The van der Waals surface area contributed by atoms with Crippen LogP contribution in [-0.2, 0) is 29.4 Å². The fourth-order valence-corrected chi connectivity index (χ4v) is 9.30. The second kappa shape index (κ2) is 14.6. The Kier molecular flexibility index (Phi) is 10.1. The number of rotatable bonds is 7. The standard InChI is InChI=1S/C38H38F2N5O8PS/c1-21(46)43-15-13-26-9-11-31(37(50)44-16-14-27(34(41)47)28-18-23(7-10-30(28)44)22-5-3-2-4-6-22)45(26)36(49)29(20-43)42-35(48)33-19-24-17-25(8-12-32(24)55-33)38(39,40)54(51,52)53/h2-8,10,12,17-19,26-27,29,31H,9,11,13-16,20H2,1H3,(H2,41,47)(H,42,48)(H2,51,52,53)/t26-,27?,29?,31+/m1/s1. The number of nitrogens with one attached hydrogen (secondary N) is 1. The zero-order valence-corrected chi connectivity index (χ0v) is 31.3. The van der Waals surface area contributed by atoms with E-state index in [0.29, 0.717) is 35.2 Å². The van der Waals surface area contributed by atoms with E-state index in [1.165, 1.54) is 28.9 Å². The molecule has 3 aliphatic rings. The number of hydrogen-bond donors (Lipinski definition) is 4. The van der Waals surface area contributed by atoms with Crippen LogP contribution in [0, 0.1) is 0 Å². The van der Waals surface area contributed by atoms with E-state index in [4.69, 9.17) is 5.73 Å². The maximum Gasteiger partial charge on any atom is 0.399 e. The van der Waals surface area contributed by atoms with Crippen LogP contribution in [0.25, 0.3) is 21.2 Å². The van der Waals surface area contributed by atoms with Crippen molar-refractivity contribution in [2.45, 2.75) is 62.3 Å². The fraction of sp³-hybridized carbons (Fsp3) is 0.342. The monoisotopic (exact) mass is 793 g/mol. The summed E-state index contributed by atoms with van der Waals surface area (Å²) in [5.41, 5.74) is 3.39. The highest BCUT2D eigenvalue weighted by molar-refractivity contribution is 7.52. The van der Waals surface area contributed by atoms with Crippen LogP contribution in [-0.4, -0.2) is 86.9 Å². The number of halogens is 2. The molecule has 0 radical (unpaired) electrons. The number of amides is 5. The maximum atomic E-state index is 14.5. The predicted octanol–water partition coefficient (Wildman–Crippen LogP) is 4.51. The Morgan fingerprint density at radius 1 is 0.927 bits per heavy atom. The summed E-state index contributed by atoms with van der Waals surface area (Å²) < 4.78 is 40.7. The van der Waals surface area contributed by atoms with Crippen molar-refractivity contribution in [2.75, 3.05) is 24.5 Å². The Morgan fingerprint density at radius 3 is 2.36 bits per heavy atom. The van der Waals surface area contributed by atoms with Gasteiger partial charge in [-0.3, -0.25) is 28.5 Å². The van der Waals surface area contributed by atoms with Gasteiger partial charge in [-0.25, -0.2) is 0 Å². The third-order valence-corrected chi connectivity index (χ3v) is 12.8. The number of benzene rings is 3. The third-order valence-electron chi connectivity index (χ3n) is 10.7. The second-order valence-electron chi connectivity index (χ2n) is 14.1. The van der Waals surface area contributed by atoms with Gasteiger partial charge in [0.15, 0.2) is 0 Å². The van der Waals surface area contributed by atoms with Crippen LogP contribution < -0.4 is 16.0 Å². The molecule has 0 aliphatic carbocycles. The molecule has 17 heteroatoms. The first-order valence-corrected chi connectivity index (χ1v) is 20.1. The van der Waals surface area contributed by atoms with Crippen molar-refractivity contribution in [3.8, 4) is 11.1 Å². The van der Waals surface area contributed by atoms with Gasteiger partial charge < -0.3 is 35.5 Å². The van der Waals surface area contributed by atoms with Gasteiger partial charge in [-0.1, -0.05) is 42.5 Å². The molecule has 2 unspecified atom stereocenters. The molecule has 55 heavy (non-hydrogen) atoms. The lowest BCUT2D eigenvalue weighted by atomic mass is 9.86. The molecule has 13 nitrogen and oxygen atoms in total. The molecule has 2 fully saturated rings. The number of carbonyl (C=O) groups is 5. The number of nitrogens with two attached hydrogens (primary N) is 1. The molecule has 5 N–H and O–H groups in total. The van der Waals surface area contributed by atoms with Gasteiger partial charge in [0.25, 0.3) is 5.91 Å². The van der Waals surface area contributed by atoms with Gasteiger partial charge >= 0.3 is 13.3 Å². The summed E-state index contributed by atoms with van der Waals surface area (Å²) in [6.45, 7) is 1.64. The Hall–Kier alpha value is -5.02. The number of anilines is 1. The number of nitrogens with zero attached hydrogens (tertiary/aromatic N) is 3. The Balaban J connectivity index is 1.17. The molecule has 5 amide bonds. The Bertz CT molecular complexity index is 2270. The summed E-state index contributed by atoms with van der Waals surface area (Å²) in [6, 6.07) is 16.8. The lowest BCUT2D eigenvalue weighted by molar-refractivity contribution is -0.144. The van der Waals surface area contributed by atoms with E-state index >= 15 is 0 Å². The number of thiophene rings is 1. The lowest BCUT2D eigenvalue weighted by Crippen LogP contribution is -2.61. The van der Waals surface area contributed by atoms with Crippen LogP contribution >= 0.6 is 18.9 Å². The summed E-state index contributed by atoms with van der Waals surface area (Å²) in [4.78, 5) is 90.9. The minimum atomic E-state index is -5.83. The van der Waals surface area contributed by atoms with E-state index in [9.17, 15) is 47.1 Å². The van der Waals surface area contributed by atoms with Crippen molar-refractivity contribution >= 4 is 64.2 Å². The van der Waals surface area contributed by atoms with Gasteiger partial charge in [0.1, 0.15) is 12.1 Å². The maximum absolute atomic E-state index is 14.5. The van der Waals surface area contributed by atoms with E-state index in [1.54, 1.807) is 11.0 Å². The minimum Gasteiger partial charge on any atom is -0.369 e. The molecular weight excluding hydrogens is 755 g/mol. The van der Waals surface area contributed by atoms with Crippen molar-refractivity contribution in [2.24, 2.45) is 5.73 Å². The van der Waals surface area contributed by atoms with Crippen LogP contribution in [0.1, 0.15) is 59.3 Å². The van der Waals surface area contributed by atoms with Crippen molar-refractivity contribution < 1.29 is 47.1 Å². The number of primary amides is 1. The smallest absolute Gasteiger partial charge is 0.369 e. The first kappa shape index (κ1) is 38.3. The lowest BCUT2D eigenvalue weighted by Gasteiger charge is -2.40. The van der Waals surface area contributed by atoms with Crippen molar-refractivity contribution in [1.29, 1.82) is 0 Å². The number of fused-ring (bicyclic) bond motifs is 3. The zero-order chi connectivity index (χ0) is 39.4. The molecule has 4 aromatic rings. The minimum absolute atomic E-state index is 0.0327. The predicted molar refractivity (Wildman–Crippen MR) is 200 cm³/mol. The van der Waals surface area contributed by atoms with Gasteiger partial charge in [-0.2, -0.15) is 8.78 Å². The highest BCUT2D eigenvalue weighted by Gasteiger charge is 2.51. The van der Waals surface area contributed by atoms with E-state index in [1.807, 2.05) is 42.5 Å². The average molecular weight is 794 g/mol. The Labute approximate surface area is 318 Å². The quantitative estimate of drug-likeness (QED) is 0.197. The van der Waals surface area contributed by atoms with Gasteiger partial charge in [-0.15, -0.1) is 11.3 Å². The van der Waals surface area contributed by atoms with Gasteiger partial charge in [0.2, 0.25) is 23.6 Å². The van der Waals surface area contributed by atoms with Crippen molar-refractivity contribution in [3.05, 3.63) is 88.8 Å². The highest BCUT2D eigenvalue weighted by atomic mass is 32.1. The van der Waals surface area contributed by atoms with Gasteiger partial charge in [0, 0.05) is 48.6 Å². The van der Waals surface area contributed by atoms with E-state index in [-0.39, 0.29) is 48.1 Å². The first-order valence-electron chi connectivity index (χ1n) is 17.7. The average Bonchev–Trinajstić information content (AvgIpc) is 3.78. The molecule has 0 bridgehead atoms. The SMILES string of the molecule is CC(=O)N1CC[C@H]2CC[C@@H](C(=O)N3CCC(C(N)=O)c4cc(-c5ccccc5)ccc43)N2C(=O)C(NC(=O)c2cc3cc(C(F)(F)P(=O)(O)O)ccc3s2)C1. The molecule has 2 saturated heterocycles. The van der Waals surface area contributed by atoms with Crippen LogP contribution in [0.4, 0.5) is 14.5 Å². The number of hydrogen-bond acceptors (Lipinski definition) is 7. The topological polar surface area (TPSA) is 191 Å². The summed E-state index contributed by atoms with van der Waals surface area (Å²) in [5, 5.41) is 2.85. The summed E-state index contributed by atoms with van der Waals surface area (Å²) >= 11 is 0.927. The van der Waals surface area contributed by atoms with Crippen molar-refractivity contribution in [3.63, 3.8) is 0 Å². The molecule has 0 saturated carbocycles. The van der Waals surface area contributed by atoms with E-state index in [2.05, 4.69) is 5.32 Å². The second-order valence-corrected chi connectivity index (χ2v) is 16.8. The molecule has 7 rings (SSSR count). The molecular formula is C38H38F2N5O8PS. The van der Waals surface area contributed by atoms with Gasteiger partial charge in [-0.05, 0) is 78.1 Å². The largest absolute Gasteiger partial charge is 0.399 e. The summed E-state index contributed by atoms with van der Waals surface area (Å²) in [6.07, 6.45) is 1.51. The summed E-state index contributed by atoms with van der Waals surface area (Å²) in [7, 11) is -5.83. The molecule has 4 heterocycles. The molecule has 1 aromatic heterocycles. The van der Waals surface area contributed by atoms with Crippen LogP contribution in [0.15, 0.2) is 72.8 Å². The van der Waals surface area contributed by atoms with Crippen molar-refractivity contribution in [1.82, 2.24) is 15.1 Å². The van der Waals surface area contributed by atoms with E-state index in [0.717, 1.165) is 34.6 Å². The fourth-order valence-electron chi connectivity index (χ4n) is 7.88. The van der Waals surface area contributed by atoms with Crippen LogP contribution in [0.5, 0.6) is 0 Å². The van der Waals surface area contributed by atoms with Crippen LogP contribution in [0.2, 0.25) is 0 Å². The number of alkyl halides is 2. The molecule has 288 valence electrons. The third kappa shape index (κ3) is 7.15. The highest BCUT2D eigenvalue weighted by Crippen LogP contribution is 2.59. The first-order chi connectivity index (χ1) is 26.0. The Morgan fingerprint density at radius 2 is 1.67 bits per heavy atom. The van der Waals surface area contributed by atoms with Gasteiger partial charge in [0.05, 0.1) is 10.8 Å². The molecule has 3 aliphatic heterocycles. The summed E-state index contributed by atoms with van der Waals surface area (Å²) in [5.74, 6) is -3.07. The van der Waals surface area contributed by atoms with Crippen LogP contribution in [0.3, 0.4) is 0 Å². The normalized spacial score (nSPS) is 21.8. The molecule has 3 aromatic carbocycles. The van der Waals surface area contributed by atoms with E-state index < -0.39 is 60.6 Å². The number of carbonyl (C=O) groups excluding carboxylic acids is 5. The zero-order valence-electron chi connectivity index (χ0n) is 29.6. The molecule has 4 atom stereocenters.